The van der Waals surface area contributed by atoms with E-state index >= 15 is 0 Å². The second-order valence-electron chi connectivity index (χ2n) is 8.61. The monoisotopic (exact) mass is 529 g/mol. The van der Waals surface area contributed by atoms with Gasteiger partial charge in [0.05, 0.1) is 37.9 Å². The summed E-state index contributed by atoms with van der Waals surface area (Å²) >= 11 is 0. The first-order valence-corrected chi connectivity index (χ1v) is 13.0. The van der Waals surface area contributed by atoms with E-state index in [1.54, 1.807) is 61.7 Å². The maximum atomic E-state index is 14.4. The number of nitrogens with two attached hydrogens (primary N) is 1. The smallest absolute Gasteiger partial charge is 0.337 e. The van der Waals surface area contributed by atoms with Crippen LogP contribution >= 0.6 is 0 Å². The van der Waals surface area contributed by atoms with Crippen molar-refractivity contribution in [3.63, 3.8) is 0 Å². The third-order valence-corrected chi connectivity index (χ3v) is 8.37. The average Bonchev–Trinajstić information content (AvgIpc) is 2.94. The first-order valence-electron chi connectivity index (χ1n) is 11.5. The van der Waals surface area contributed by atoms with Gasteiger partial charge in [0.1, 0.15) is 22.3 Å². The van der Waals surface area contributed by atoms with Crippen LogP contribution in [0.4, 0.5) is 5.69 Å². The van der Waals surface area contributed by atoms with Crippen LogP contribution in [0.3, 0.4) is 0 Å². The van der Waals surface area contributed by atoms with E-state index in [0.717, 1.165) is 0 Å². The maximum absolute atomic E-state index is 14.4. The summed E-state index contributed by atoms with van der Waals surface area (Å²) in [6.07, 6.45) is 0. The summed E-state index contributed by atoms with van der Waals surface area (Å²) in [4.78, 5) is 11.9. The summed E-state index contributed by atoms with van der Waals surface area (Å²) in [5, 5.41) is 10.0. The van der Waals surface area contributed by atoms with Gasteiger partial charge in [0.25, 0.3) is 10.0 Å². The molecule has 0 bridgehead atoms. The van der Waals surface area contributed by atoms with Gasteiger partial charge in [-0.2, -0.15) is 5.26 Å². The Morgan fingerprint density at radius 1 is 1.08 bits per heavy atom. The number of nitrogens with zero attached hydrogens (tertiary/aromatic N) is 2. The summed E-state index contributed by atoms with van der Waals surface area (Å²) in [5.74, 6) is -1.11. The van der Waals surface area contributed by atoms with Gasteiger partial charge in [-0.3, -0.25) is 4.31 Å². The molecule has 10 heteroatoms. The molecule has 0 saturated carbocycles. The fourth-order valence-corrected chi connectivity index (χ4v) is 6.59. The number of benzene rings is 3. The summed E-state index contributed by atoms with van der Waals surface area (Å²) in [6, 6.07) is 22.3. The molecule has 0 radical (unpaired) electrons. The second kappa shape index (κ2) is 9.61. The molecule has 0 aliphatic carbocycles. The van der Waals surface area contributed by atoms with E-state index in [1.165, 1.54) is 23.5 Å². The topological polar surface area (TPSA) is 132 Å². The first kappa shape index (κ1) is 24.9. The fourth-order valence-electron chi connectivity index (χ4n) is 4.68. The molecule has 3 aromatic rings. The zero-order valence-corrected chi connectivity index (χ0v) is 21.4. The maximum Gasteiger partial charge on any atom is 0.337 e. The van der Waals surface area contributed by atoms with E-state index < -0.39 is 21.9 Å². The number of hydrogen-bond donors (Lipinski definition) is 1. The number of fused-ring (bicyclic) bond motifs is 2. The Bertz CT molecular complexity index is 1650. The van der Waals surface area contributed by atoms with E-state index in [9.17, 15) is 18.5 Å². The SMILES string of the molecule is COC(=O)c1ccc([C@@H]2C(C#N)=C(N)OC3=C2S(=O)(=O)N(Cc2cccc(OC)c2)c2ccccc23)cc1. The lowest BCUT2D eigenvalue weighted by atomic mass is 9.88. The highest BCUT2D eigenvalue weighted by Crippen LogP contribution is 2.51. The van der Waals surface area contributed by atoms with Crippen LogP contribution in [0, 0.1) is 11.3 Å². The molecule has 192 valence electrons. The quantitative estimate of drug-likeness (QED) is 0.491. The van der Waals surface area contributed by atoms with Crippen LogP contribution in [0.2, 0.25) is 0 Å². The molecule has 2 aliphatic heterocycles. The number of anilines is 1. The third kappa shape index (κ3) is 4.03. The van der Waals surface area contributed by atoms with E-state index in [1.807, 2.05) is 12.1 Å². The average molecular weight is 530 g/mol. The molecule has 0 amide bonds. The fraction of sp³-hybridized carbons (Fsp3) is 0.143. The second-order valence-corrected chi connectivity index (χ2v) is 10.4. The van der Waals surface area contributed by atoms with Crippen molar-refractivity contribution >= 4 is 27.4 Å². The minimum Gasteiger partial charge on any atom is -0.497 e. The minimum atomic E-state index is -4.24. The molecule has 0 spiro atoms. The number of hydrogen-bond acceptors (Lipinski definition) is 8. The number of rotatable bonds is 5. The Hall–Kier alpha value is -4.75. The molecule has 1 atom stereocenters. The molecule has 2 aliphatic rings. The lowest BCUT2D eigenvalue weighted by Crippen LogP contribution is -2.39. The summed E-state index contributed by atoms with van der Waals surface area (Å²) in [5.41, 5.74) is 8.51. The highest BCUT2D eigenvalue weighted by atomic mass is 32.2. The predicted molar refractivity (Wildman–Crippen MR) is 140 cm³/mol. The highest BCUT2D eigenvalue weighted by molar-refractivity contribution is 7.96. The van der Waals surface area contributed by atoms with Gasteiger partial charge < -0.3 is 19.9 Å². The number of methoxy groups -OCH3 is 2. The van der Waals surface area contributed by atoms with Crippen molar-refractivity contribution in [2.45, 2.75) is 12.5 Å². The normalized spacial score (nSPS) is 17.6. The van der Waals surface area contributed by atoms with Gasteiger partial charge in [-0.15, -0.1) is 0 Å². The van der Waals surface area contributed by atoms with Gasteiger partial charge in [-0.1, -0.05) is 36.4 Å². The zero-order chi connectivity index (χ0) is 27.0. The number of allylic oxidation sites excluding steroid dienone is 2. The Balaban J connectivity index is 1.71. The Morgan fingerprint density at radius 2 is 1.82 bits per heavy atom. The molecular formula is C28H23N3O6S. The van der Waals surface area contributed by atoms with Crippen LogP contribution in [0.1, 0.15) is 33.0 Å². The van der Waals surface area contributed by atoms with E-state index in [-0.39, 0.29) is 34.2 Å². The molecule has 5 rings (SSSR count). The molecule has 9 nitrogen and oxygen atoms in total. The largest absolute Gasteiger partial charge is 0.497 e. The van der Waals surface area contributed by atoms with Crippen LogP contribution in [0.25, 0.3) is 5.76 Å². The number of carbonyl (C=O) groups excluding carboxylic acids is 1. The number of carbonyl (C=O) groups is 1. The van der Waals surface area contributed by atoms with Gasteiger partial charge in [-0.25, -0.2) is 13.2 Å². The Labute approximate surface area is 220 Å². The summed E-state index contributed by atoms with van der Waals surface area (Å²) in [6.45, 7) is 0.0163. The number of nitriles is 1. The van der Waals surface area contributed by atoms with Crippen LogP contribution in [-0.2, 0) is 26.0 Å². The lowest BCUT2D eigenvalue weighted by Gasteiger charge is -2.38. The van der Waals surface area contributed by atoms with Crippen LogP contribution in [0.5, 0.6) is 5.75 Å². The predicted octanol–water partition coefficient (Wildman–Crippen LogP) is 4.01. The van der Waals surface area contributed by atoms with Crippen LogP contribution in [0.15, 0.2) is 89.2 Å². The van der Waals surface area contributed by atoms with Gasteiger partial charge >= 0.3 is 5.97 Å². The number of para-hydroxylation sites is 1. The number of sulfonamides is 1. The van der Waals surface area contributed by atoms with E-state index in [2.05, 4.69) is 0 Å². The first-order chi connectivity index (χ1) is 18.3. The molecular weight excluding hydrogens is 506 g/mol. The minimum absolute atomic E-state index is 0.0163. The standard InChI is InChI=1S/C28H23N3O6S/c1-35-20-7-5-6-17(14-20)16-31-23-9-4-3-8-21(23)25-26(38(31,33)34)24(22(15-29)27(30)37-25)18-10-12-19(13-11-18)28(32)36-2/h3-14,24H,16,30H2,1-2H3/t24-/m1/s1. The molecule has 3 aromatic carbocycles. The zero-order valence-electron chi connectivity index (χ0n) is 20.5. The highest BCUT2D eigenvalue weighted by Gasteiger charge is 2.47. The van der Waals surface area contributed by atoms with Crippen molar-refractivity contribution in [2.75, 3.05) is 18.5 Å². The summed E-state index contributed by atoms with van der Waals surface area (Å²) < 4.78 is 45.9. The van der Waals surface area contributed by atoms with Gasteiger partial charge in [0, 0.05) is 5.56 Å². The third-order valence-electron chi connectivity index (χ3n) is 6.48. The van der Waals surface area contributed by atoms with Crippen molar-refractivity contribution in [3.8, 4) is 11.8 Å². The van der Waals surface area contributed by atoms with Gasteiger partial charge in [0.15, 0.2) is 5.76 Å². The lowest BCUT2D eigenvalue weighted by molar-refractivity contribution is 0.0600. The van der Waals surface area contributed by atoms with Gasteiger partial charge in [0.2, 0.25) is 5.88 Å². The Morgan fingerprint density at radius 3 is 2.50 bits per heavy atom. The molecule has 0 saturated heterocycles. The summed E-state index contributed by atoms with van der Waals surface area (Å²) in [7, 11) is -1.43. The molecule has 38 heavy (non-hydrogen) atoms. The molecule has 0 unspecified atom stereocenters. The van der Waals surface area contributed by atoms with Crippen molar-refractivity contribution in [2.24, 2.45) is 5.73 Å². The molecule has 2 heterocycles. The van der Waals surface area contributed by atoms with Crippen LogP contribution in [-0.4, -0.2) is 28.6 Å². The van der Waals surface area contributed by atoms with Crippen molar-refractivity contribution in [1.82, 2.24) is 0 Å². The molecule has 0 fully saturated rings. The van der Waals surface area contributed by atoms with E-state index in [0.29, 0.717) is 28.1 Å². The van der Waals surface area contributed by atoms with Crippen molar-refractivity contribution in [1.29, 1.82) is 5.26 Å². The van der Waals surface area contributed by atoms with Crippen LogP contribution < -0.4 is 14.8 Å². The number of ether oxygens (including phenoxy) is 3. The number of esters is 1. The Kier molecular flexibility index (Phi) is 6.30. The van der Waals surface area contributed by atoms with E-state index in [4.69, 9.17) is 19.9 Å². The van der Waals surface area contributed by atoms with Crippen molar-refractivity contribution in [3.05, 3.63) is 111 Å². The van der Waals surface area contributed by atoms with Crippen molar-refractivity contribution < 1.29 is 27.4 Å². The molecule has 2 N–H and O–H groups in total. The molecule has 0 aromatic heterocycles. The van der Waals surface area contributed by atoms with Gasteiger partial charge in [-0.05, 0) is 47.5 Å².